The molecule has 1 N–H and O–H groups in total. The molecule has 0 unspecified atom stereocenters. The summed E-state index contributed by atoms with van der Waals surface area (Å²) in [5.41, 5.74) is 5.56. The number of rotatable bonds is 5. The lowest BCUT2D eigenvalue weighted by Crippen LogP contribution is -2.42. The Morgan fingerprint density at radius 2 is 1.93 bits per heavy atom. The van der Waals surface area contributed by atoms with E-state index in [1.165, 1.54) is 16.8 Å². The van der Waals surface area contributed by atoms with Gasteiger partial charge in [0.2, 0.25) is 5.91 Å². The molecule has 0 fully saturated rings. The lowest BCUT2D eigenvalue weighted by Gasteiger charge is -2.37. The minimum absolute atomic E-state index is 0.00107. The van der Waals surface area contributed by atoms with Crippen LogP contribution in [0.5, 0.6) is 5.75 Å². The Morgan fingerprint density at radius 3 is 2.72 bits per heavy atom. The summed E-state index contributed by atoms with van der Waals surface area (Å²) in [7, 11) is 1.68. The first-order valence-corrected chi connectivity index (χ1v) is 9.95. The normalized spacial score (nSPS) is 16.3. The zero-order valence-corrected chi connectivity index (χ0v) is 17.2. The van der Waals surface area contributed by atoms with E-state index in [4.69, 9.17) is 4.74 Å². The van der Waals surface area contributed by atoms with Gasteiger partial charge in [-0.15, -0.1) is 0 Å². The van der Waals surface area contributed by atoms with Crippen molar-refractivity contribution in [3.8, 4) is 5.75 Å². The molecule has 5 nitrogen and oxygen atoms in total. The molecule has 0 aliphatic carbocycles. The van der Waals surface area contributed by atoms with Gasteiger partial charge in [0.05, 0.1) is 19.7 Å². The molecule has 2 aromatic carbocycles. The zero-order chi connectivity index (χ0) is 20.4. The number of fused-ring (bicyclic) bond motifs is 1. The molecule has 0 saturated carbocycles. The predicted octanol–water partition coefficient (Wildman–Crippen LogP) is 4.16. The molecule has 0 spiro atoms. The number of nitrogens with one attached hydrogen (secondary N) is 1. The van der Waals surface area contributed by atoms with Crippen molar-refractivity contribution in [2.75, 3.05) is 25.5 Å². The first-order chi connectivity index (χ1) is 14.0. The molecule has 0 saturated heterocycles. The van der Waals surface area contributed by atoms with E-state index in [0.717, 1.165) is 30.1 Å². The molecule has 0 radical (unpaired) electrons. The van der Waals surface area contributed by atoms with Crippen LogP contribution in [0.3, 0.4) is 0 Å². The fourth-order valence-electron chi connectivity index (χ4n) is 4.00. The summed E-state index contributed by atoms with van der Waals surface area (Å²) in [4.78, 5) is 15.1. The Labute approximate surface area is 171 Å². The summed E-state index contributed by atoms with van der Waals surface area (Å²) in [6, 6.07) is 18.3. The molecule has 5 heteroatoms. The molecule has 4 rings (SSSR count). The van der Waals surface area contributed by atoms with Gasteiger partial charge in [-0.1, -0.05) is 18.2 Å². The van der Waals surface area contributed by atoms with E-state index >= 15 is 0 Å². The largest absolute Gasteiger partial charge is 0.497 e. The van der Waals surface area contributed by atoms with Crippen molar-refractivity contribution in [3.63, 3.8) is 0 Å². The minimum atomic E-state index is 0.00107. The molecule has 0 bridgehead atoms. The molecule has 3 aromatic rings. The van der Waals surface area contributed by atoms with Crippen LogP contribution in [0.15, 0.2) is 60.8 Å². The number of anilines is 1. The van der Waals surface area contributed by atoms with E-state index in [9.17, 15) is 4.79 Å². The lowest BCUT2D eigenvalue weighted by molar-refractivity contribution is -0.117. The second kappa shape index (κ2) is 8.13. The Morgan fingerprint density at radius 1 is 1.07 bits per heavy atom. The number of aryl methyl sites for hydroxylation is 2. The van der Waals surface area contributed by atoms with Crippen molar-refractivity contribution >= 4 is 11.6 Å². The third kappa shape index (κ3) is 4.05. The van der Waals surface area contributed by atoms with Crippen molar-refractivity contribution < 1.29 is 9.53 Å². The summed E-state index contributed by atoms with van der Waals surface area (Å²) < 4.78 is 7.69. The summed E-state index contributed by atoms with van der Waals surface area (Å²) >= 11 is 0. The fraction of sp³-hybridized carbons (Fsp3) is 0.292. The van der Waals surface area contributed by atoms with Crippen LogP contribution in [-0.2, 0) is 11.3 Å². The number of methoxy groups -OCH3 is 1. The van der Waals surface area contributed by atoms with E-state index in [-0.39, 0.29) is 11.9 Å². The van der Waals surface area contributed by atoms with Crippen LogP contribution in [0.4, 0.5) is 5.69 Å². The Balaban J connectivity index is 1.57. The predicted molar refractivity (Wildman–Crippen MR) is 115 cm³/mol. The number of carbonyl (C=O) groups excluding carboxylic acids is 1. The van der Waals surface area contributed by atoms with E-state index in [0.29, 0.717) is 6.54 Å². The van der Waals surface area contributed by atoms with Crippen molar-refractivity contribution in [3.05, 3.63) is 83.2 Å². The molecule has 150 valence electrons. The van der Waals surface area contributed by atoms with Gasteiger partial charge in [0.1, 0.15) is 5.75 Å². The van der Waals surface area contributed by atoms with Gasteiger partial charge in [0.25, 0.3) is 0 Å². The van der Waals surface area contributed by atoms with E-state index < -0.39 is 0 Å². The van der Waals surface area contributed by atoms with Crippen LogP contribution in [-0.4, -0.2) is 35.6 Å². The third-order valence-electron chi connectivity index (χ3n) is 5.68. The third-order valence-corrected chi connectivity index (χ3v) is 5.68. The average molecular weight is 389 g/mol. The maximum atomic E-state index is 12.8. The van der Waals surface area contributed by atoms with Crippen molar-refractivity contribution in [2.45, 2.75) is 26.4 Å². The second-order valence-corrected chi connectivity index (χ2v) is 7.62. The van der Waals surface area contributed by atoms with E-state index in [1.54, 1.807) is 7.11 Å². The number of amides is 1. The van der Waals surface area contributed by atoms with Gasteiger partial charge in [0.15, 0.2) is 0 Å². The number of ether oxygens (including phenoxy) is 1. The highest BCUT2D eigenvalue weighted by atomic mass is 16.5. The van der Waals surface area contributed by atoms with Crippen molar-refractivity contribution in [2.24, 2.45) is 0 Å². The number of benzene rings is 2. The molecule has 29 heavy (non-hydrogen) atoms. The van der Waals surface area contributed by atoms with Crippen LogP contribution in [0.1, 0.15) is 28.4 Å². The molecule has 1 amide bonds. The standard InChI is InChI=1S/C24H27N3O2/c1-17-9-10-20(14-18(17)2)25-23(28)16-27-13-12-26-11-5-8-22(26)24(27)19-6-4-7-21(15-19)29-3/h4-11,14-15,24H,12-13,16H2,1-3H3,(H,25,28)/t24-/m0/s1. The SMILES string of the molecule is COc1cccc([C@H]2c3cccn3CCN2CC(=O)Nc2ccc(C)c(C)c2)c1. The second-order valence-electron chi connectivity index (χ2n) is 7.62. The quantitative estimate of drug-likeness (QED) is 0.713. The lowest BCUT2D eigenvalue weighted by atomic mass is 9.99. The molecule has 1 aromatic heterocycles. The Hall–Kier alpha value is -3.05. The summed E-state index contributed by atoms with van der Waals surface area (Å²) in [5, 5.41) is 3.06. The van der Waals surface area contributed by atoms with Gasteiger partial charge < -0.3 is 14.6 Å². The zero-order valence-electron chi connectivity index (χ0n) is 17.2. The molecule has 2 heterocycles. The van der Waals surface area contributed by atoms with Gasteiger partial charge in [-0.05, 0) is 66.9 Å². The number of carbonyl (C=O) groups is 1. The van der Waals surface area contributed by atoms with Gasteiger partial charge in [-0.2, -0.15) is 0 Å². The van der Waals surface area contributed by atoms with Crippen LogP contribution in [0, 0.1) is 13.8 Å². The highest BCUT2D eigenvalue weighted by Gasteiger charge is 2.30. The molecular weight excluding hydrogens is 362 g/mol. The molecule has 1 atom stereocenters. The summed E-state index contributed by atoms with van der Waals surface area (Å²) in [6.07, 6.45) is 2.11. The van der Waals surface area contributed by atoms with Gasteiger partial charge in [-0.25, -0.2) is 0 Å². The van der Waals surface area contributed by atoms with Crippen molar-refractivity contribution in [1.82, 2.24) is 9.47 Å². The van der Waals surface area contributed by atoms with Crippen LogP contribution < -0.4 is 10.1 Å². The first kappa shape index (κ1) is 19.3. The van der Waals surface area contributed by atoms with Crippen LogP contribution >= 0.6 is 0 Å². The summed E-state index contributed by atoms with van der Waals surface area (Å²) in [6.45, 7) is 6.15. The molecule has 1 aliphatic heterocycles. The Bertz CT molecular complexity index is 1020. The monoisotopic (exact) mass is 389 g/mol. The van der Waals surface area contributed by atoms with Gasteiger partial charge >= 0.3 is 0 Å². The number of nitrogens with zero attached hydrogens (tertiary/aromatic N) is 2. The first-order valence-electron chi connectivity index (χ1n) is 9.95. The van der Waals surface area contributed by atoms with Crippen LogP contribution in [0.25, 0.3) is 0 Å². The average Bonchev–Trinajstić information content (AvgIpc) is 3.19. The molecular formula is C24H27N3O2. The highest BCUT2D eigenvalue weighted by Crippen LogP contribution is 2.33. The van der Waals surface area contributed by atoms with Gasteiger partial charge in [0, 0.05) is 30.7 Å². The topological polar surface area (TPSA) is 46.5 Å². The fourth-order valence-corrected chi connectivity index (χ4v) is 4.00. The minimum Gasteiger partial charge on any atom is -0.497 e. The number of aromatic nitrogens is 1. The van der Waals surface area contributed by atoms with Crippen molar-refractivity contribution in [1.29, 1.82) is 0 Å². The molecule has 1 aliphatic rings. The van der Waals surface area contributed by atoms with Crippen LogP contribution in [0.2, 0.25) is 0 Å². The number of hydrogen-bond acceptors (Lipinski definition) is 3. The highest BCUT2D eigenvalue weighted by molar-refractivity contribution is 5.92. The Kier molecular flexibility index (Phi) is 5.41. The maximum absolute atomic E-state index is 12.8. The van der Waals surface area contributed by atoms with E-state index in [2.05, 4.69) is 59.1 Å². The maximum Gasteiger partial charge on any atom is 0.238 e. The van der Waals surface area contributed by atoms with Gasteiger partial charge in [-0.3, -0.25) is 9.69 Å². The smallest absolute Gasteiger partial charge is 0.238 e. The van der Waals surface area contributed by atoms with E-state index in [1.807, 2.05) is 30.3 Å². The number of hydrogen-bond donors (Lipinski definition) is 1. The summed E-state index contributed by atoms with van der Waals surface area (Å²) in [5.74, 6) is 0.826.